The molecule has 0 aliphatic carbocycles. The third-order valence-electron chi connectivity index (χ3n) is 4.17. The molecule has 0 fully saturated rings. The Morgan fingerprint density at radius 2 is 1.83 bits per heavy atom. The van der Waals surface area contributed by atoms with Crippen molar-refractivity contribution in [2.45, 2.75) is 26.8 Å². The highest BCUT2D eigenvalue weighted by atomic mass is 16.5. The molecule has 1 aromatic carbocycles. The number of aryl methyl sites for hydroxylation is 3. The summed E-state index contributed by atoms with van der Waals surface area (Å²) in [4.78, 5) is 46.9. The Hall–Kier alpha value is -3.95. The number of amides is 1. The highest BCUT2D eigenvalue weighted by Gasteiger charge is 2.13. The number of carbonyl (C=O) groups is 2. The van der Waals surface area contributed by atoms with Crippen molar-refractivity contribution in [1.82, 2.24) is 19.6 Å². The van der Waals surface area contributed by atoms with E-state index in [1.807, 2.05) is 31.2 Å². The van der Waals surface area contributed by atoms with Crippen LogP contribution in [-0.4, -0.2) is 38.0 Å². The summed E-state index contributed by atoms with van der Waals surface area (Å²) in [6.07, 6.45) is -0.173. The van der Waals surface area contributed by atoms with Crippen molar-refractivity contribution in [3.05, 3.63) is 74.4 Å². The molecule has 0 saturated heterocycles. The SMILES string of the molecule is Cc1ccc(-n2nc(C)cc2NC(=O)COC(=O)CCn2[nH]c(=O)ccc2=O)cc1. The first-order chi connectivity index (χ1) is 14.3. The number of nitrogens with zero attached hydrogens (tertiary/aromatic N) is 3. The highest BCUT2D eigenvalue weighted by Crippen LogP contribution is 2.17. The quantitative estimate of drug-likeness (QED) is 0.556. The molecule has 2 N–H and O–H groups in total. The summed E-state index contributed by atoms with van der Waals surface area (Å²) in [5.74, 6) is -0.752. The molecule has 10 heteroatoms. The molecular formula is C20H21N5O5. The van der Waals surface area contributed by atoms with E-state index in [1.54, 1.807) is 17.7 Å². The van der Waals surface area contributed by atoms with E-state index in [0.29, 0.717) is 11.5 Å². The molecule has 2 aromatic heterocycles. The number of nitrogens with one attached hydrogen (secondary N) is 2. The van der Waals surface area contributed by atoms with E-state index in [-0.39, 0.29) is 13.0 Å². The van der Waals surface area contributed by atoms with Crippen LogP contribution < -0.4 is 16.4 Å². The standard InChI is InChI=1S/C20H21N5O5/c1-13-3-5-15(6-4-13)25-16(11-14(2)22-25)21-18(27)12-30-20(29)9-10-24-19(28)8-7-17(26)23-24/h3-8,11H,9-10,12H2,1-2H3,(H,21,27)(H,23,26). The number of aromatic nitrogens is 4. The number of benzene rings is 1. The number of aromatic amines is 1. The molecule has 30 heavy (non-hydrogen) atoms. The maximum atomic E-state index is 12.2. The Morgan fingerprint density at radius 3 is 2.57 bits per heavy atom. The lowest BCUT2D eigenvalue weighted by molar-refractivity contribution is -0.147. The summed E-state index contributed by atoms with van der Waals surface area (Å²) < 4.78 is 7.54. The van der Waals surface area contributed by atoms with Crippen LogP contribution in [-0.2, 0) is 20.9 Å². The van der Waals surface area contributed by atoms with Gasteiger partial charge in [-0.2, -0.15) is 5.10 Å². The van der Waals surface area contributed by atoms with Crippen molar-refractivity contribution in [3.63, 3.8) is 0 Å². The Kier molecular flexibility index (Phi) is 6.26. The number of ether oxygens (including phenoxy) is 1. The average Bonchev–Trinajstić information content (AvgIpc) is 3.07. The fraction of sp³-hybridized carbons (Fsp3) is 0.250. The number of rotatable bonds is 7. The minimum atomic E-state index is -0.676. The first-order valence-corrected chi connectivity index (χ1v) is 9.21. The summed E-state index contributed by atoms with van der Waals surface area (Å²) >= 11 is 0. The number of carbonyl (C=O) groups excluding carboxylic acids is 2. The molecule has 3 aromatic rings. The van der Waals surface area contributed by atoms with E-state index in [9.17, 15) is 19.2 Å². The van der Waals surface area contributed by atoms with E-state index in [4.69, 9.17) is 4.74 Å². The maximum absolute atomic E-state index is 12.2. The smallest absolute Gasteiger partial charge is 0.308 e. The molecule has 10 nitrogen and oxygen atoms in total. The van der Waals surface area contributed by atoms with E-state index in [2.05, 4.69) is 15.5 Å². The number of H-pyrrole nitrogens is 1. The molecule has 0 radical (unpaired) electrons. The molecule has 3 rings (SSSR count). The van der Waals surface area contributed by atoms with Gasteiger partial charge in [-0.1, -0.05) is 17.7 Å². The lowest BCUT2D eigenvalue weighted by atomic mass is 10.2. The molecule has 0 bridgehead atoms. The van der Waals surface area contributed by atoms with Crippen molar-refractivity contribution in [1.29, 1.82) is 0 Å². The predicted octanol–water partition coefficient (Wildman–Crippen LogP) is 0.911. The molecule has 0 aliphatic heterocycles. The van der Waals surface area contributed by atoms with Crippen molar-refractivity contribution in [2.24, 2.45) is 0 Å². The van der Waals surface area contributed by atoms with E-state index < -0.39 is 29.6 Å². The average molecular weight is 411 g/mol. The third kappa shape index (κ3) is 5.31. The summed E-state index contributed by atoms with van der Waals surface area (Å²) in [6, 6.07) is 11.6. The van der Waals surface area contributed by atoms with E-state index in [0.717, 1.165) is 28.1 Å². The van der Waals surface area contributed by atoms with Crippen molar-refractivity contribution in [2.75, 3.05) is 11.9 Å². The van der Waals surface area contributed by atoms with Gasteiger partial charge in [0.1, 0.15) is 5.82 Å². The van der Waals surface area contributed by atoms with Crippen LogP contribution in [0.3, 0.4) is 0 Å². The minimum Gasteiger partial charge on any atom is -0.456 e. The van der Waals surface area contributed by atoms with Crippen LogP contribution >= 0.6 is 0 Å². The highest BCUT2D eigenvalue weighted by molar-refractivity contribution is 5.92. The summed E-state index contributed by atoms with van der Waals surface area (Å²) in [6.45, 7) is 3.23. The molecule has 0 atom stereocenters. The van der Waals surface area contributed by atoms with Crippen LogP contribution in [0.1, 0.15) is 17.7 Å². The Bertz CT molecular complexity index is 1170. The predicted molar refractivity (Wildman–Crippen MR) is 109 cm³/mol. The normalized spacial score (nSPS) is 10.6. The Balaban J connectivity index is 1.55. The van der Waals surface area contributed by atoms with Crippen LogP contribution in [0.4, 0.5) is 5.82 Å². The number of anilines is 1. The van der Waals surface area contributed by atoms with Crippen LogP contribution in [0, 0.1) is 13.8 Å². The van der Waals surface area contributed by atoms with Crippen LogP contribution in [0.25, 0.3) is 5.69 Å². The number of esters is 1. The molecular weight excluding hydrogens is 390 g/mol. The molecule has 0 spiro atoms. The van der Waals surface area contributed by atoms with Crippen molar-refractivity contribution in [3.8, 4) is 5.69 Å². The number of hydrogen-bond donors (Lipinski definition) is 2. The van der Waals surface area contributed by atoms with Gasteiger partial charge in [-0.25, -0.2) is 9.36 Å². The third-order valence-corrected chi connectivity index (χ3v) is 4.17. The van der Waals surface area contributed by atoms with Gasteiger partial charge in [-0.15, -0.1) is 0 Å². The fourth-order valence-corrected chi connectivity index (χ4v) is 2.70. The van der Waals surface area contributed by atoms with Crippen LogP contribution in [0.2, 0.25) is 0 Å². The first-order valence-electron chi connectivity index (χ1n) is 9.21. The van der Waals surface area contributed by atoms with Gasteiger partial charge in [0.25, 0.3) is 17.0 Å². The maximum Gasteiger partial charge on any atom is 0.308 e. The Morgan fingerprint density at radius 1 is 1.10 bits per heavy atom. The van der Waals surface area contributed by atoms with Gasteiger partial charge >= 0.3 is 5.97 Å². The molecule has 156 valence electrons. The zero-order valence-corrected chi connectivity index (χ0v) is 16.5. The summed E-state index contributed by atoms with van der Waals surface area (Å²) in [5.41, 5.74) is 1.69. The van der Waals surface area contributed by atoms with E-state index in [1.165, 1.54) is 0 Å². The molecule has 2 heterocycles. The second-order valence-corrected chi connectivity index (χ2v) is 6.68. The molecule has 0 aliphatic rings. The van der Waals surface area contributed by atoms with E-state index >= 15 is 0 Å². The minimum absolute atomic E-state index is 0.0608. The monoisotopic (exact) mass is 411 g/mol. The van der Waals surface area contributed by atoms with Crippen LogP contribution in [0.15, 0.2) is 52.1 Å². The molecule has 1 amide bonds. The number of hydrogen-bond acceptors (Lipinski definition) is 6. The topological polar surface area (TPSA) is 128 Å². The van der Waals surface area contributed by atoms with Gasteiger partial charge in [0.15, 0.2) is 6.61 Å². The second-order valence-electron chi connectivity index (χ2n) is 6.68. The van der Waals surface area contributed by atoms with Gasteiger partial charge in [-0.05, 0) is 26.0 Å². The summed E-state index contributed by atoms with van der Waals surface area (Å²) in [7, 11) is 0. The van der Waals surface area contributed by atoms with Crippen LogP contribution in [0.5, 0.6) is 0 Å². The van der Waals surface area contributed by atoms with Gasteiger partial charge in [0.2, 0.25) is 0 Å². The lowest BCUT2D eigenvalue weighted by Crippen LogP contribution is -2.29. The Labute approximate surface area is 171 Å². The molecule has 0 saturated carbocycles. The largest absolute Gasteiger partial charge is 0.456 e. The van der Waals surface area contributed by atoms with Crippen molar-refractivity contribution >= 4 is 17.7 Å². The zero-order chi connectivity index (χ0) is 21.7. The zero-order valence-electron chi connectivity index (χ0n) is 16.5. The summed E-state index contributed by atoms with van der Waals surface area (Å²) in [5, 5.41) is 9.35. The van der Waals surface area contributed by atoms with Gasteiger partial charge in [0.05, 0.1) is 24.3 Å². The molecule has 0 unspecified atom stereocenters. The fourth-order valence-electron chi connectivity index (χ4n) is 2.70. The first kappa shape index (κ1) is 20.8. The lowest BCUT2D eigenvalue weighted by Gasteiger charge is -2.10. The van der Waals surface area contributed by atoms with Gasteiger partial charge in [0, 0.05) is 18.2 Å². The van der Waals surface area contributed by atoms with Crippen molar-refractivity contribution < 1.29 is 14.3 Å². The van der Waals surface area contributed by atoms with Gasteiger partial charge < -0.3 is 10.1 Å². The van der Waals surface area contributed by atoms with Gasteiger partial charge in [-0.3, -0.25) is 24.3 Å². The second kappa shape index (κ2) is 9.03.